The Morgan fingerprint density at radius 1 is 0.862 bits per heavy atom. The van der Waals surface area contributed by atoms with Crippen LogP contribution in [0.15, 0.2) is 54.6 Å². The Bertz CT molecular complexity index is 723. The van der Waals surface area contributed by atoms with Gasteiger partial charge in [-0.3, -0.25) is 0 Å². The topological polar surface area (TPSA) is 18.5 Å². The first kappa shape index (κ1) is 25.5. The van der Waals surface area contributed by atoms with Crippen LogP contribution in [-0.4, -0.2) is 32.0 Å². The highest BCUT2D eigenvalue weighted by molar-refractivity contribution is 5.37. The normalized spacial score (nSPS) is 13.1. The fourth-order valence-electron chi connectivity index (χ4n) is 4.20. The molecule has 0 amide bonds. The molecule has 1 atom stereocenters. The van der Waals surface area contributed by atoms with Gasteiger partial charge in [-0.2, -0.15) is 9.48 Å². The number of para-hydroxylation sites is 1. The lowest BCUT2D eigenvalue weighted by Gasteiger charge is -2.35. The van der Waals surface area contributed by atoms with Crippen LogP contribution in [0.25, 0.3) is 0 Å². The van der Waals surface area contributed by atoms with Gasteiger partial charge >= 0.3 is 0 Å². The number of hydroxylamine groups is 3. The van der Waals surface area contributed by atoms with Crippen LogP contribution in [0.3, 0.4) is 0 Å². The van der Waals surface area contributed by atoms with Crippen molar-refractivity contribution in [2.24, 2.45) is 11.3 Å². The van der Waals surface area contributed by atoms with E-state index < -0.39 is 0 Å². The second-order valence-electron chi connectivity index (χ2n) is 9.52. The van der Waals surface area contributed by atoms with Gasteiger partial charge in [-0.1, -0.05) is 83.1 Å². The van der Waals surface area contributed by atoms with E-state index in [9.17, 15) is 0 Å². The average Bonchev–Trinajstić information content (AvgIpc) is 2.59. The Labute approximate surface area is 184 Å². The minimum atomic E-state index is 0. The minimum Gasteiger partial charge on any atom is -1.00 e. The maximum atomic E-state index is 6.17. The quantitative estimate of drug-likeness (QED) is 0.353. The zero-order valence-electron chi connectivity index (χ0n) is 19.1. The third-order valence-corrected chi connectivity index (χ3v) is 5.04. The lowest BCUT2D eigenvalue weighted by atomic mass is 9.70. The lowest BCUT2D eigenvalue weighted by Crippen LogP contribution is -3.00. The zero-order valence-corrected chi connectivity index (χ0v) is 19.9. The van der Waals surface area contributed by atoms with Gasteiger partial charge < -0.3 is 17.1 Å². The van der Waals surface area contributed by atoms with Crippen molar-refractivity contribution in [3.8, 4) is 5.75 Å². The van der Waals surface area contributed by atoms with Crippen molar-refractivity contribution in [1.82, 2.24) is 0 Å². The van der Waals surface area contributed by atoms with E-state index in [0.29, 0.717) is 29.7 Å². The Kier molecular flexibility index (Phi) is 9.67. The molecule has 0 N–H and O–H groups in total. The maximum Gasteiger partial charge on any atom is 0.140 e. The summed E-state index contributed by atoms with van der Waals surface area (Å²) in [4.78, 5) is 6.08. The predicted molar refractivity (Wildman–Crippen MR) is 117 cm³/mol. The maximum absolute atomic E-state index is 6.17. The van der Waals surface area contributed by atoms with Crippen LogP contribution >= 0.6 is 0 Å². The van der Waals surface area contributed by atoms with E-state index in [4.69, 9.17) is 9.57 Å². The molecule has 0 aliphatic carbocycles. The summed E-state index contributed by atoms with van der Waals surface area (Å²) in [5.74, 6) is 1.96. The van der Waals surface area contributed by atoms with Crippen LogP contribution in [0.4, 0.5) is 0 Å². The molecular formula is C25H38ClNO2. The monoisotopic (exact) mass is 419 g/mol. The highest BCUT2D eigenvalue weighted by atomic mass is 35.5. The minimum absolute atomic E-state index is 0. The van der Waals surface area contributed by atoms with Crippen molar-refractivity contribution < 1.29 is 26.6 Å². The van der Waals surface area contributed by atoms with E-state index in [1.165, 1.54) is 11.1 Å². The summed E-state index contributed by atoms with van der Waals surface area (Å²) in [7, 11) is 4.16. The van der Waals surface area contributed by atoms with Gasteiger partial charge in [0, 0.05) is 5.56 Å². The Hall–Kier alpha value is -1.55. The van der Waals surface area contributed by atoms with Crippen molar-refractivity contribution in [1.29, 1.82) is 0 Å². The number of quaternary nitrogens is 1. The summed E-state index contributed by atoms with van der Waals surface area (Å²) >= 11 is 0. The van der Waals surface area contributed by atoms with E-state index >= 15 is 0 Å². The van der Waals surface area contributed by atoms with Gasteiger partial charge in [0.15, 0.2) is 0 Å². The molecule has 2 rings (SSSR count). The molecule has 0 spiro atoms. The molecule has 0 aromatic heterocycles. The summed E-state index contributed by atoms with van der Waals surface area (Å²) in [5, 5.41) is 0. The Morgan fingerprint density at radius 2 is 1.45 bits per heavy atom. The lowest BCUT2D eigenvalue weighted by molar-refractivity contribution is -1.09. The standard InChI is InChI=1S/C25H38NO2.ClH/c1-20(2)24(25(3,4)5)22-15-11-12-16-23(22)27-17-18-28-26(6,7)19-21-13-9-8-10-14-21;/h8-16,20,24H,17-19H2,1-7H3;1H/q+1;/p-1. The molecule has 0 saturated carbocycles. The van der Waals surface area contributed by atoms with Crippen LogP contribution in [0.5, 0.6) is 5.75 Å². The molecule has 4 heteroatoms. The third-order valence-electron chi connectivity index (χ3n) is 5.04. The highest BCUT2D eigenvalue weighted by Crippen LogP contribution is 2.44. The molecule has 162 valence electrons. The molecule has 0 bridgehead atoms. The van der Waals surface area contributed by atoms with Gasteiger partial charge in [-0.25, -0.2) is 0 Å². The molecule has 0 saturated heterocycles. The van der Waals surface area contributed by atoms with Crippen molar-refractivity contribution in [2.75, 3.05) is 27.3 Å². The van der Waals surface area contributed by atoms with Gasteiger partial charge in [0.25, 0.3) is 0 Å². The molecule has 1 unspecified atom stereocenters. The number of hydrogen-bond donors (Lipinski definition) is 0. The van der Waals surface area contributed by atoms with Gasteiger partial charge in [-0.15, -0.1) is 0 Å². The van der Waals surface area contributed by atoms with Gasteiger partial charge in [0.2, 0.25) is 0 Å². The number of hydrogen-bond acceptors (Lipinski definition) is 2. The summed E-state index contributed by atoms with van der Waals surface area (Å²) < 4.78 is 6.65. The van der Waals surface area contributed by atoms with E-state index in [1.807, 2.05) is 6.07 Å². The molecule has 2 aromatic rings. The van der Waals surface area contributed by atoms with Gasteiger partial charge in [0.1, 0.15) is 25.5 Å². The van der Waals surface area contributed by atoms with Crippen LogP contribution in [0.1, 0.15) is 51.7 Å². The first-order chi connectivity index (χ1) is 13.1. The third kappa shape index (κ3) is 8.00. The van der Waals surface area contributed by atoms with Crippen molar-refractivity contribution in [2.45, 2.75) is 47.1 Å². The first-order valence-electron chi connectivity index (χ1n) is 10.3. The van der Waals surface area contributed by atoms with E-state index in [1.54, 1.807) is 0 Å². The van der Waals surface area contributed by atoms with Crippen molar-refractivity contribution in [3.05, 3.63) is 65.7 Å². The second kappa shape index (κ2) is 11.0. The summed E-state index contributed by atoms with van der Waals surface area (Å²) in [6, 6.07) is 18.9. The van der Waals surface area contributed by atoms with Crippen LogP contribution < -0.4 is 17.1 Å². The number of benzene rings is 2. The largest absolute Gasteiger partial charge is 1.00 e. The van der Waals surface area contributed by atoms with Crippen LogP contribution in [-0.2, 0) is 11.4 Å². The summed E-state index contributed by atoms with van der Waals surface area (Å²) in [6.45, 7) is 13.4. The zero-order chi connectivity index (χ0) is 20.8. The molecule has 0 aliphatic rings. The van der Waals surface area contributed by atoms with Crippen LogP contribution in [0.2, 0.25) is 0 Å². The highest BCUT2D eigenvalue weighted by Gasteiger charge is 2.31. The molecule has 3 nitrogen and oxygen atoms in total. The number of ether oxygens (including phenoxy) is 1. The van der Waals surface area contributed by atoms with Crippen molar-refractivity contribution >= 4 is 0 Å². The molecule has 2 aromatic carbocycles. The summed E-state index contributed by atoms with van der Waals surface area (Å²) in [5.41, 5.74) is 2.74. The van der Waals surface area contributed by atoms with Gasteiger partial charge in [-0.05, 0) is 28.9 Å². The van der Waals surface area contributed by atoms with Crippen LogP contribution in [0, 0.1) is 11.3 Å². The Morgan fingerprint density at radius 3 is 2.03 bits per heavy atom. The molecule has 29 heavy (non-hydrogen) atoms. The number of rotatable bonds is 9. The molecule has 0 heterocycles. The SMILES string of the molecule is CC(C)C(c1ccccc1OCCO[N+](C)(C)Cc1ccccc1)C(C)(C)C.[Cl-]. The second-order valence-corrected chi connectivity index (χ2v) is 9.52. The molecule has 0 radical (unpaired) electrons. The van der Waals surface area contributed by atoms with E-state index in [0.717, 1.165) is 12.3 Å². The number of nitrogens with zero attached hydrogens (tertiary/aromatic N) is 1. The average molecular weight is 420 g/mol. The van der Waals surface area contributed by atoms with Gasteiger partial charge in [0.05, 0.1) is 14.1 Å². The fraction of sp³-hybridized carbons (Fsp3) is 0.520. The van der Waals surface area contributed by atoms with E-state index in [-0.39, 0.29) is 17.8 Å². The number of halogens is 1. The van der Waals surface area contributed by atoms with E-state index in [2.05, 4.69) is 97.2 Å². The smallest absolute Gasteiger partial charge is 0.140 e. The molecular weight excluding hydrogens is 382 g/mol. The molecule has 0 aliphatic heterocycles. The summed E-state index contributed by atoms with van der Waals surface area (Å²) in [6.07, 6.45) is 0. The van der Waals surface area contributed by atoms with Crippen molar-refractivity contribution in [3.63, 3.8) is 0 Å². The molecule has 0 fully saturated rings. The Balaban J connectivity index is 0.00000420. The fourth-order valence-corrected chi connectivity index (χ4v) is 4.20. The first-order valence-corrected chi connectivity index (χ1v) is 10.3. The predicted octanol–water partition coefficient (Wildman–Crippen LogP) is 3.06.